The van der Waals surface area contributed by atoms with Gasteiger partial charge >= 0.3 is 5.97 Å². The summed E-state index contributed by atoms with van der Waals surface area (Å²) in [6.07, 6.45) is 6.69. The zero-order chi connectivity index (χ0) is 26.0. The summed E-state index contributed by atoms with van der Waals surface area (Å²) in [7, 11) is 0. The molecule has 0 saturated heterocycles. The number of fused-ring (bicyclic) bond motifs is 6. The number of hydrogen-bond donors (Lipinski definition) is 2. The Morgan fingerprint density at radius 2 is 1.89 bits per heavy atom. The molecule has 2 aromatic carbocycles. The molecular formula is C32H37NO4. The van der Waals surface area contributed by atoms with E-state index in [4.69, 9.17) is 4.74 Å². The predicted molar refractivity (Wildman–Crippen MR) is 139 cm³/mol. The number of hydrogen-bond acceptors (Lipinski definition) is 5. The molecule has 2 N–H and O–H groups in total. The summed E-state index contributed by atoms with van der Waals surface area (Å²) < 4.78 is 5.25. The number of aliphatic hydroxyl groups is 2. The number of carbonyl (C=O) groups is 1. The first-order chi connectivity index (χ1) is 17.8. The van der Waals surface area contributed by atoms with E-state index >= 15 is 0 Å². The topological polar surface area (TPSA) is 90.6 Å². The zero-order valence-electron chi connectivity index (χ0n) is 21.9. The molecule has 0 aromatic heterocycles. The molecule has 4 aliphatic carbocycles. The van der Waals surface area contributed by atoms with Crippen molar-refractivity contribution in [2.24, 2.45) is 22.7 Å². The fourth-order valence-electron chi connectivity index (χ4n) is 8.70. The molecule has 37 heavy (non-hydrogen) atoms. The Bertz CT molecular complexity index is 1300. The number of nitrogens with zero attached hydrogens (tertiary/aromatic N) is 1. The summed E-state index contributed by atoms with van der Waals surface area (Å²) in [5, 5.41) is 31.9. The normalized spacial score (nSPS) is 35.6. The minimum absolute atomic E-state index is 0.0884. The van der Waals surface area contributed by atoms with Gasteiger partial charge in [0.15, 0.2) is 5.41 Å². The van der Waals surface area contributed by atoms with Gasteiger partial charge in [-0.2, -0.15) is 5.26 Å². The lowest BCUT2D eigenvalue weighted by molar-refractivity contribution is -0.151. The van der Waals surface area contributed by atoms with Gasteiger partial charge < -0.3 is 14.9 Å². The Labute approximate surface area is 219 Å². The van der Waals surface area contributed by atoms with E-state index in [9.17, 15) is 20.3 Å². The van der Waals surface area contributed by atoms with Crippen LogP contribution in [-0.4, -0.2) is 22.8 Å². The minimum atomic E-state index is -1.16. The van der Waals surface area contributed by atoms with Crippen LogP contribution in [0.5, 0.6) is 0 Å². The largest absolute Gasteiger partial charge is 0.465 e. The van der Waals surface area contributed by atoms with Crippen molar-refractivity contribution in [3.8, 4) is 6.07 Å². The first-order valence-corrected chi connectivity index (χ1v) is 13.9. The summed E-state index contributed by atoms with van der Waals surface area (Å²) in [6, 6.07) is 14.9. The van der Waals surface area contributed by atoms with E-state index in [0.717, 1.165) is 60.8 Å². The van der Waals surface area contributed by atoms with Crippen LogP contribution in [0.4, 0.5) is 0 Å². The minimum Gasteiger partial charge on any atom is -0.465 e. The van der Waals surface area contributed by atoms with Crippen LogP contribution in [0, 0.1) is 34.0 Å². The van der Waals surface area contributed by atoms with Crippen molar-refractivity contribution in [1.29, 1.82) is 5.26 Å². The average Bonchev–Trinajstić information content (AvgIpc) is 3.44. The van der Waals surface area contributed by atoms with Crippen LogP contribution in [0.3, 0.4) is 0 Å². The maximum absolute atomic E-state index is 12.7. The van der Waals surface area contributed by atoms with Crippen LogP contribution in [-0.2, 0) is 41.0 Å². The Hall–Kier alpha value is -2.68. The van der Waals surface area contributed by atoms with E-state index in [1.807, 2.05) is 12.1 Å². The van der Waals surface area contributed by atoms with Crippen LogP contribution in [0.1, 0.15) is 85.3 Å². The summed E-state index contributed by atoms with van der Waals surface area (Å²) in [6.45, 7) is 4.42. The Kier molecular flexibility index (Phi) is 5.78. The lowest BCUT2D eigenvalue weighted by atomic mass is 9.52. The molecule has 0 bridgehead atoms. The third kappa shape index (κ3) is 3.45. The second-order valence-electron chi connectivity index (χ2n) is 12.2. The van der Waals surface area contributed by atoms with Crippen molar-refractivity contribution >= 4 is 5.97 Å². The van der Waals surface area contributed by atoms with Crippen molar-refractivity contribution in [2.45, 2.75) is 83.3 Å². The highest BCUT2D eigenvalue weighted by atomic mass is 16.5. The van der Waals surface area contributed by atoms with E-state index in [1.54, 1.807) is 6.92 Å². The van der Waals surface area contributed by atoms with E-state index in [0.29, 0.717) is 30.6 Å². The molecule has 0 spiro atoms. The highest BCUT2D eigenvalue weighted by Gasteiger charge is 2.62. The number of carbonyl (C=O) groups excluding carboxylic acids is 1. The average molecular weight is 500 g/mol. The first kappa shape index (κ1) is 24.6. The molecule has 2 fully saturated rings. The van der Waals surface area contributed by atoms with Crippen molar-refractivity contribution in [3.05, 3.63) is 69.8 Å². The van der Waals surface area contributed by atoms with Crippen LogP contribution >= 0.6 is 0 Å². The number of ether oxygens (including phenoxy) is 1. The smallest absolute Gasteiger partial charge is 0.327 e. The Balaban J connectivity index is 1.29. The van der Waals surface area contributed by atoms with Crippen LogP contribution in [0.15, 0.2) is 36.4 Å². The van der Waals surface area contributed by atoms with Gasteiger partial charge in [0.05, 0.1) is 24.9 Å². The van der Waals surface area contributed by atoms with Crippen LogP contribution in [0.2, 0.25) is 0 Å². The van der Waals surface area contributed by atoms with E-state index < -0.39 is 17.0 Å². The highest BCUT2D eigenvalue weighted by molar-refractivity contribution is 5.82. The van der Waals surface area contributed by atoms with E-state index in [-0.39, 0.29) is 18.6 Å². The monoisotopic (exact) mass is 499 g/mol. The summed E-state index contributed by atoms with van der Waals surface area (Å²) in [5.41, 5.74) is 4.50. The predicted octanol–water partition coefficient (Wildman–Crippen LogP) is 5.09. The molecule has 0 amide bonds. The molecule has 2 aromatic rings. The van der Waals surface area contributed by atoms with Gasteiger partial charge in [-0.15, -0.1) is 0 Å². The number of aliphatic hydroxyl groups excluding tert-OH is 1. The Morgan fingerprint density at radius 1 is 1.08 bits per heavy atom. The number of aryl methyl sites for hydroxylation is 1. The fourth-order valence-corrected chi connectivity index (χ4v) is 8.70. The van der Waals surface area contributed by atoms with Crippen molar-refractivity contribution in [2.75, 3.05) is 6.61 Å². The molecule has 2 saturated carbocycles. The standard InChI is InChI=1S/C32H37NO4/c1-3-37-29(35)31(19-33)16-22-5-7-24(15-23(22)17-31)32(36)13-11-28-27-9-6-21-14-20(18-34)4-8-25(21)26(27)10-12-30(28,32)2/h4-5,7-8,14-15,26-28,34,36H,3,6,9-13,16-18H2,1-2H3/t26?,27?,28?,30?,31?,32-/m1/s1. The second-order valence-corrected chi connectivity index (χ2v) is 12.2. The van der Waals surface area contributed by atoms with Crippen LogP contribution in [0.25, 0.3) is 0 Å². The van der Waals surface area contributed by atoms with Gasteiger partial charge in [0, 0.05) is 18.3 Å². The van der Waals surface area contributed by atoms with Crippen molar-refractivity contribution in [3.63, 3.8) is 0 Å². The van der Waals surface area contributed by atoms with Crippen molar-refractivity contribution in [1.82, 2.24) is 0 Å². The SMILES string of the molecule is CCOC(=O)C1(C#N)Cc2ccc([C@]3(O)CCC4C5CCc6cc(CO)ccc6C5CCC43C)cc2C1. The molecule has 6 rings (SSSR count). The van der Waals surface area contributed by atoms with Gasteiger partial charge in [-0.25, -0.2) is 0 Å². The van der Waals surface area contributed by atoms with Gasteiger partial charge in [0.25, 0.3) is 0 Å². The van der Waals surface area contributed by atoms with E-state index in [1.165, 1.54) is 11.1 Å². The zero-order valence-corrected chi connectivity index (χ0v) is 21.9. The van der Waals surface area contributed by atoms with Gasteiger partial charge in [-0.05, 0) is 96.6 Å². The molecular weight excluding hydrogens is 462 g/mol. The van der Waals surface area contributed by atoms with Crippen molar-refractivity contribution < 1.29 is 19.7 Å². The molecule has 4 aliphatic rings. The van der Waals surface area contributed by atoms with Gasteiger partial charge in [0.2, 0.25) is 0 Å². The third-order valence-electron chi connectivity index (χ3n) is 10.7. The molecule has 5 unspecified atom stereocenters. The molecule has 0 heterocycles. The summed E-state index contributed by atoms with van der Waals surface area (Å²) in [4.78, 5) is 12.7. The quantitative estimate of drug-likeness (QED) is 0.572. The second kappa shape index (κ2) is 8.68. The molecule has 6 atom stereocenters. The van der Waals surface area contributed by atoms with E-state index in [2.05, 4.69) is 37.3 Å². The number of rotatable bonds is 4. The lowest BCUT2D eigenvalue weighted by Gasteiger charge is -2.53. The summed E-state index contributed by atoms with van der Waals surface area (Å²) in [5.74, 6) is 1.10. The first-order valence-electron chi connectivity index (χ1n) is 13.9. The van der Waals surface area contributed by atoms with Crippen LogP contribution < -0.4 is 0 Å². The molecule has 5 nitrogen and oxygen atoms in total. The highest BCUT2D eigenvalue weighted by Crippen LogP contribution is 2.67. The molecule has 5 heteroatoms. The number of benzene rings is 2. The van der Waals surface area contributed by atoms with Gasteiger partial charge in [0.1, 0.15) is 0 Å². The Morgan fingerprint density at radius 3 is 2.65 bits per heavy atom. The third-order valence-corrected chi connectivity index (χ3v) is 10.7. The number of nitriles is 1. The molecule has 0 aliphatic heterocycles. The molecule has 194 valence electrons. The number of esters is 1. The van der Waals surface area contributed by atoms with Gasteiger partial charge in [-0.3, -0.25) is 4.79 Å². The fraction of sp³-hybridized carbons (Fsp3) is 0.562. The lowest BCUT2D eigenvalue weighted by Crippen LogP contribution is -2.49. The maximum Gasteiger partial charge on any atom is 0.327 e. The maximum atomic E-state index is 12.7. The van der Waals surface area contributed by atoms with Gasteiger partial charge in [-0.1, -0.05) is 43.3 Å². The summed E-state index contributed by atoms with van der Waals surface area (Å²) >= 11 is 0. The molecule has 0 radical (unpaired) electrons.